The van der Waals surface area contributed by atoms with Gasteiger partial charge in [-0.3, -0.25) is 0 Å². The first-order valence-electron chi connectivity index (χ1n) is 2.78. The van der Waals surface area contributed by atoms with E-state index in [4.69, 9.17) is 5.73 Å². The minimum absolute atomic E-state index is 0.169. The molecule has 0 rings (SSSR count). The lowest BCUT2D eigenvalue weighted by Gasteiger charge is -2.03. The van der Waals surface area contributed by atoms with Crippen LogP contribution in [-0.2, 0) is 0 Å². The highest BCUT2D eigenvalue weighted by Gasteiger charge is 1.92. The van der Waals surface area contributed by atoms with Gasteiger partial charge < -0.3 is 11.1 Å². The molecule has 0 heterocycles. The summed E-state index contributed by atoms with van der Waals surface area (Å²) in [4.78, 5) is 0. The molecule has 48 valence electrons. The van der Waals surface area contributed by atoms with Crippen LogP contribution in [-0.4, -0.2) is 13.1 Å². The SMILES string of the molecule is CN/C=C(/C)C(C)N. The maximum atomic E-state index is 5.51. The first-order valence-corrected chi connectivity index (χ1v) is 2.78. The number of nitrogens with two attached hydrogens (primary N) is 1. The Morgan fingerprint density at radius 1 is 1.75 bits per heavy atom. The molecule has 0 aromatic heterocycles. The standard InChI is InChI=1S/C6H14N2/c1-5(4-8-3)6(2)7/h4,6,8H,7H2,1-3H3/b5-4-. The lowest BCUT2D eigenvalue weighted by atomic mass is 10.2. The van der Waals surface area contributed by atoms with E-state index < -0.39 is 0 Å². The van der Waals surface area contributed by atoms with E-state index in [0.717, 1.165) is 0 Å². The van der Waals surface area contributed by atoms with Gasteiger partial charge in [-0.2, -0.15) is 0 Å². The number of hydrogen-bond acceptors (Lipinski definition) is 2. The molecule has 0 aliphatic rings. The molecule has 2 heteroatoms. The van der Waals surface area contributed by atoms with Gasteiger partial charge in [0.15, 0.2) is 0 Å². The molecule has 0 fully saturated rings. The average Bonchev–Trinajstić information content (AvgIpc) is 1.67. The molecule has 0 radical (unpaired) electrons. The fourth-order valence-corrected chi connectivity index (χ4v) is 0.359. The second-order valence-corrected chi connectivity index (χ2v) is 1.97. The highest BCUT2D eigenvalue weighted by molar-refractivity contribution is 5.02. The first kappa shape index (κ1) is 7.50. The van der Waals surface area contributed by atoms with E-state index in [0.29, 0.717) is 0 Å². The van der Waals surface area contributed by atoms with Crippen LogP contribution in [0.25, 0.3) is 0 Å². The normalized spacial score (nSPS) is 15.8. The van der Waals surface area contributed by atoms with Crippen LogP contribution in [0.2, 0.25) is 0 Å². The van der Waals surface area contributed by atoms with Crippen LogP contribution < -0.4 is 11.1 Å². The van der Waals surface area contributed by atoms with Crippen molar-refractivity contribution in [1.29, 1.82) is 0 Å². The minimum atomic E-state index is 0.169. The number of rotatable bonds is 2. The zero-order valence-electron chi connectivity index (χ0n) is 5.73. The smallest absolute Gasteiger partial charge is 0.0239 e. The van der Waals surface area contributed by atoms with Gasteiger partial charge in [0.1, 0.15) is 0 Å². The molecule has 2 nitrogen and oxygen atoms in total. The Morgan fingerprint density at radius 3 is 2.38 bits per heavy atom. The third-order valence-electron chi connectivity index (χ3n) is 1.09. The van der Waals surface area contributed by atoms with Gasteiger partial charge >= 0.3 is 0 Å². The zero-order valence-corrected chi connectivity index (χ0v) is 5.73. The third-order valence-corrected chi connectivity index (χ3v) is 1.09. The van der Waals surface area contributed by atoms with E-state index in [1.165, 1.54) is 5.57 Å². The summed E-state index contributed by atoms with van der Waals surface area (Å²) < 4.78 is 0. The number of hydrogen-bond donors (Lipinski definition) is 2. The molecule has 1 atom stereocenters. The summed E-state index contributed by atoms with van der Waals surface area (Å²) in [7, 11) is 1.87. The van der Waals surface area contributed by atoms with Crippen molar-refractivity contribution in [2.75, 3.05) is 7.05 Å². The predicted octanol–water partition coefficient (Wildman–Crippen LogP) is 0.457. The summed E-state index contributed by atoms with van der Waals surface area (Å²) in [6, 6.07) is 0.169. The van der Waals surface area contributed by atoms with Gasteiger partial charge in [-0.1, -0.05) is 0 Å². The van der Waals surface area contributed by atoms with Gasteiger partial charge in [-0.15, -0.1) is 0 Å². The Labute approximate surface area is 50.8 Å². The van der Waals surface area contributed by atoms with E-state index >= 15 is 0 Å². The monoisotopic (exact) mass is 114 g/mol. The molecule has 0 bridgehead atoms. The van der Waals surface area contributed by atoms with Gasteiger partial charge in [-0.05, 0) is 25.6 Å². The molecule has 0 saturated heterocycles. The molecular weight excluding hydrogens is 100 g/mol. The van der Waals surface area contributed by atoms with Crippen molar-refractivity contribution >= 4 is 0 Å². The van der Waals surface area contributed by atoms with Gasteiger partial charge in [-0.25, -0.2) is 0 Å². The Hall–Kier alpha value is -0.500. The average molecular weight is 114 g/mol. The quantitative estimate of drug-likeness (QED) is 0.547. The van der Waals surface area contributed by atoms with Crippen molar-refractivity contribution in [3.05, 3.63) is 11.8 Å². The van der Waals surface area contributed by atoms with E-state index in [9.17, 15) is 0 Å². The predicted molar refractivity (Wildman–Crippen MR) is 36.5 cm³/mol. The van der Waals surface area contributed by atoms with Crippen molar-refractivity contribution in [3.8, 4) is 0 Å². The van der Waals surface area contributed by atoms with Gasteiger partial charge in [0.25, 0.3) is 0 Å². The van der Waals surface area contributed by atoms with Crippen LogP contribution in [0.4, 0.5) is 0 Å². The number of nitrogens with one attached hydrogen (secondary N) is 1. The molecule has 0 amide bonds. The van der Waals surface area contributed by atoms with Gasteiger partial charge in [0, 0.05) is 13.1 Å². The second-order valence-electron chi connectivity index (χ2n) is 1.97. The molecule has 0 saturated carbocycles. The van der Waals surface area contributed by atoms with E-state index in [-0.39, 0.29) is 6.04 Å². The molecule has 8 heavy (non-hydrogen) atoms. The fourth-order valence-electron chi connectivity index (χ4n) is 0.359. The molecule has 0 spiro atoms. The van der Waals surface area contributed by atoms with Gasteiger partial charge in [0.2, 0.25) is 0 Å². The summed E-state index contributed by atoms with van der Waals surface area (Å²) >= 11 is 0. The van der Waals surface area contributed by atoms with E-state index in [2.05, 4.69) is 5.32 Å². The maximum Gasteiger partial charge on any atom is 0.0239 e. The van der Waals surface area contributed by atoms with Crippen LogP contribution in [0.3, 0.4) is 0 Å². The Balaban J connectivity index is 3.61. The van der Waals surface area contributed by atoms with Crippen molar-refractivity contribution in [1.82, 2.24) is 5.32 Å². The zero-order chi connectivity index (χ0) is 6.57. The minimum Gasteiger partial charge on any atom is -0.394 e. The highest BCUT2D eigenvalue weighted by Crippen LogP contribution is 1.92. The summed E-state index contributed by atoms with van der Waals surface area (Å²) in [6.07, 6.45) is 1.91. The van der Waals surface area contributed by atoms with Crippen LogP contribution in [0.1, 0.15) is 13.8 Å². The third kappa shape index (κ3) is 2.64. The van der Waals surface area contributed by atoms with Crippen molar-refractivity contribution < 1.29 is 0 Å². The summed E-state index contributed by atoms with van der Waals surface area (Å²) in [5.74, 6) is 0. The van der Waals surface area contributed by atoms with Crippen LogP contribution in [0.15, 0.2) is 11.8 Å². The molecule has 0 aliphatic carbocycles. The summed E-state index contributed by atoms with van der Waals surface area (Å²) in [6.45, 7) is 3.96. The molecule has 0 aromatic rings. The van der Waals surface area contributed by atoms with Gasteiger partial charge in [0.05, 0.1) is 0 Å². The Kier molecular flexibility index (Phi) is 3.28. The van der Waals surface area contributed by atoms with E-state index in [1.54, 1.807) is 0 Å². The molecule has 3 N–H and O–H groups in total. The summed E-state index contributed by atoms with van der Waals surface area (Å²) in [5, 5.41) is 2.91. The maximum absolute atomic E-state index is 5.51. The van der Waals surface area contributed by atoms with Crippen LogP contribution in [0.5, 0.6) is 0 Å². The lowest BCUT2D eigenvalue weighted by molar-refractivity contribution is 0.843. The highest BCUT2D eigenvalue weighted by atomic mass is 14.8. The molecular formula is C6H14N2. The van der Waals surface area contributed by atoms with Crippen molar-refractivity contribution in [3.63, 3.8) is 0 Å². The topological polar surface area (TPSA) is 38.0 Å². The van der Waals surface area contributed by atoms with E-state index in [1.807, 2.05) is 27.1 Å². The molecule has 1 unspecified atom stereocenters. The second kappa shape index (κ2) is 3.50. The Morgan fingerprint density at radius 2 is 2.25 bits per heavy atom. The van der Waals surface area contributed by atoms with Crippen LogP contribution >= 0.6 is 0 Å². The fraction of sp³-hybridized carbons (Fsp3) is 0.667. The summed E-state index contributed by atoms with van der Waals surface area (Å²) in [5.41, 5.74) is 6.69. The molecule has 0 aromatic carbocycles. The largest absolute Gasteiger partial charge is 0.394 e. The lowest BCUT2D eigenvalue weighted by Crippen LogP contribution is -2.17. The Bertz CT molecular complexity index is 84.5. The van der Waals surface area contributed by atoms with Crippen molar-refractivity contribution in [2.45, 2.75) is 19.9 Å². The van der Waals surface area contributed by atoms with Crippen LogP contribution in [0, 0.1) is 0 Å². The van der Waals surface area contributed by atoms with Crippen molar-refractivity contribution in [2.24, 2.45) is 5.73 Å². The molecule has 0 aliphatic heterocycles. The first-order chi connectivity index (χ1) is 3.68.